The van der Waals surface area contributed by atoms with Crippen LogP contribution in [-0.2, 0) is 4.79 Å². The predicted molar refractivity (Wildman–Crippen MR) is 69.4 cm³/mol. The molecule has 17 heavy (non-hydrogen) atoms. The van der Waals surface area contributed by atoms with E-state index in [1.165, 1.54) is 19.3 Å². The Morgan fingerprint density at radius 3 is 2.47 bits per heavy atom. The van der Waals surface area contributed by atoms with Crippen LogP contribution < -0.4 is 5.73 Å². The third-order valence-electron chi connectivity index (χ3n) is 4.54. The first-order valence-electron chi connectivity index (χ1n) is 7.09. The summed E-state index contributed by atoms with van der Waals surface area (Å²) in [5.74, 6) is 2.16. The Bertz CT molecular complexity index is 288. The summed E-state index contributed by atoms with van der Waals surface area (Å²) in [6.07, 6.45) is 3.65. The lowest BCUT2D eigenvalue weighted by molar-refractivity contribution is -0.138. The molecule has 0 saturated heterocycles. The molecule has 0 aromatic rings. The SMILES string of the molecule is CCN(CC(C)C)C(=O)C1C2CCC(C2)C1N. The Morgan fingerprint density at radius 2 is 2.00 bits per heavy atom. The summed E-state index contributed by atoms with van der Waals surface area (Å²) in [6, 6.07) is 0.127. The number of nitrogens with zero attached hydrogens (tertiary/aromatic N) is 1. The van der Waals surface area contributed by atoms with Crippen LogP contribution in [0.1, 0.15) is 40.0 Å². The van der Waals surface area contributed by atoms with Crippen molar-refractivity contribution in [1.82, 2.24) is 4.90 Å². The molecule has 0 heterocycles. The van der Waals surface area contributed by atoms with Crippen molar-refractivity contribution in [3.63, 3.8) is 0 Å². The van der Waals surface area contributed by atoms with Crippen LogP contribution in [0.15, 0.2) is 0 Å². The van der Waals surface area contributed by atoms with E-state index in [9.17, 15) is 4.79 Å². The average molecular weight is 238 g/mol. The number of hydrogen-bond donors (Lipinski definition) is 1. The molecule has 2 N–H and O–H groups in total. The van der Waals surface area contributed by atoms with Crippen LogP contribution >= 0.6 is 0 Å². The molecule has 2 fully saturated rings. The van der Waals surface area contributed by atoms with Crippen molar-refractivity contribution in [2.45, 2.75) is 46.1 Å². The quantitative estimate of drug-likeness (QED) is 0.812. The Morgan fingerprint density at radius 1 is 1.35 bits per heavy atom. The highest BCUT2D eigenvalue weighted by molar-refractivity contribution is 5.80. The number of hydrogen-bond acceptors (Lipinski definition) is 2. The van der Waals surface area contributed by atoms with Crippen LogP contribution in [0.4, 0.5) is 0 Å². The van der Waals surface area contributed by atoms with Crippen LogP contribution in [0.5, 0.6) is 0 Å². The minimum absolute atomic E-state index is 0.118. The van der Waals surface area contributed by atoms with Crippen molar-refractivity contribution < 1.29 is 4.79 Å². The molecule has 2 bridgehead atoms. The molecule has 4 atom stereocenters. The van der Waals surface area contributed by atoms with Gasteiger partial charge in [-0.05, 0) is 43.9 Å². The summed E-state index contributed by atoms with van der Waals surface area (Å²) < 4.78 is 0. The number of carbonyl (C=O) groups is 1. The van der Waals surface area contributed by atoms with E-state index in [-0.39, 0.29) is 12.0 Å². The Labute approximate surface area is 105 Å². The van der Waals surface area contributed by atoms with E-state index in [0.717, 1.165) is 13.1 Å². The van der Waals surface area contributed by atoms with Gasteiger partial charge in [-0.3, -0.25) is 4.79 Å². The van der Waals surface area contributed by atoms with E-state index < -0.39 is 0 Å². The summed E-state index contributed by atoms with van der Waals surface area (Å²) in [6.45, 7) is 8.08. The highest BCUT2D eigenvalue weighted by atomic mass is 16.2. The second-order valence-electron chi connectivity index (χ2n) is 6.21. The highest BCUT2D eigenvalue weighted by Crippen LogP contribution is 2.48. The van der Waals surface area contributed by atoms with Crippen LogP contribution in [0, 0.1) is 23.7 Å². The van der Waals surface area contributed by atoms with Crippen molar-refractivity contribution >= 4 is 5.91 Å². The first kappa shape index (κ1) is 12.9. The number of amides is 1. The first-order chi connectivity index (χ1) is 8.04. The van der Waals surface area contributed by atoms with Gasteiger partial charge in [0.1, 0.15) is 0 Å². The standard InChI is InChI=1S/C14H26N2O/c1-4-16(8-9(2)3)14(17)12-10-5-6-11(7-10)13(12)15/h9-13H,4-8,15H2,1-3H3. The average Bonchev–Trinajstić information content (AvgIpc) is 2.85. The van der Waals surface area contributed by atoms with E-state index in [1.54, 1.807) is 0 Å². The Kier molecular flexibility index (Phi) is 3.76. The molecule has 1 amide bonds. The highest BCUT2D eigenvalue weighted by Gasteiger charge is 2.49. The minimum Gasteiger partial charge on any atom is -0.342 e. The van der Waals surface area contributed by atoms with Crippen molar-refractivity contribution in [2.75, 3.05) is 13.1 Å². The third-order valence-corrected chi connectivity index (χ3v) is 4.54. The second-order valence-corrected chi connectivity index (χ2v) is 6.21. The topological polar surface area (TPSA) is 46.3 Å². The summed E-state index contributed by atoms with van der Waals surface area (Å²) in [7, 11) is 0. The van der Waals surface area contributed by atoms with Gasteiger partial charge in [0.25, 0.3) is 0 Å². The monoisotopic (exact) mass is 238 g/mol. The summed E-state index contributed by atoms with van der Waals surface area (Å²) >= 11 is 0. The molecule has 3 heteroatoms. The van der Waals surface area contributed by atoms with Gasteiger partial charge in [-0.15, -0.1) is 0 Å². The number of fused-ring (bicyclic) bond motifs is 2. The summed E-state index contributed by atoms with van der Waals surface area (Å²) in [4.78, 5) is 14.6. The zero-order chi connectivity index (χ0) is 12.6. The maximum atomic E-state index is 12.6. The molecule has 0 radical (unpaired) electrons. The van der Waals surface area contributed by atoms with Crippen LogP contribution in [0.25, 0.3) is 0 Å². The minimum atomic E-state index is 0.118. The lowest BCUT2D eigenvalue weighted by atomic mass is 9.84. The third kappa shape index (κ3) is 2.35. The van der Waals surface area contributed by atoms with Crippen LogP contribution in [0.2, 0.25) is 0 Å². The molecule has 2 rings (SSSR count). The van der Waals surface area contributed by atoms with Gasteiger partial charge in [-0.25, -0.2) is 0 Å². The van der Waals surface area contributed by atoms with Crippen molar-refractivity contribution in [3.8, 4) is 0 Å². The zero-order valence-corrected chi connectivity index (χ0v) is 11.4. The van der Waals surface area contributed by atoms with Gasteiger partial charge >= 0.3 is 0 Å². The lowest BCUT2D eigenvalue weighted by Gasteiger charge is -2.33. The van der Waals surface area contributed by atoms with E-state index in [0.29, 0.717) is 23.7 Å². The molecule has 2 aliphatic rings. The van der Waals surface area contributed by atoms with Crippen LogP contribution in [0.3, 0.4) is 0 Å². The maximum absolute atomic E-state index is 12.6. The number of rotatable bonds is 4. The molecule has 0 aromatic carbocycles. The fourth-order valence-electron chi connectivity index (χ4n) is 3.73. The van der Waals surface area contributed by atoms with Gasteiger partial charge in [-0.1, -0.05) is 13.8 Å². The van der Waals surface area contributed by atoms with Crippen molar-refractivity contribution in [2.24, 2.45) is 29.4 Å². The predicted octanol–water partition coefficient (Wildman–Crippen LogP) is 1.86. The summed E-state index contributed by atoms with van der Waals surface area (Å²) in [5.41, 5.74) is 6.24. The second kappa shape index (κ2) is 4.97. The Hall–Kier alpha value is -0.570. The van der Waals surface area contributed by atoms with Gasteiger partial charge < -0.3 is 10.6 Å². The number of carbonyl (C=O) groups excluding carboxylic acids is 1. The molecule has 0 spiro atoms. The van der Waals surface area contributed by atoms with E-state index in [4.69, 9.17) is 5.73 Å². The van der Waals surface area contributed by atoms with Gasteiger partial charge in [-0.2, -0.15) is 0 Å². The van der Waals surface area contributed by atoms with E-state index in [1.807, 2.05) is 4.90 Å². The molecular weight excluding hydrogens is 212 g/mol. The fraction of sp³-hybridized carbons (Fsp3) is 0.929. The van der Waals surface area contributed by atoms with Crippen LogP contribution in [-0.4, -0.2) is 29.9 Å². The van der Waals surface area contributed by atoms with Gasteiger partial charge in [0.15, 0.2) is 0 Å². The zero-order valence-electron chi connectivity index (χ0n) is 11.4. The normalized spacial score (nSPS) is 35.6. The van der Waals surface area contributed by atoms with Crippen molar-refractivity contribution in [3.05, 3.63) is 0 Å². The molecule has 2 aliphatic carbocycles. The molecular formula is C14H26N2O. The molecule has 2 saturated carbocycles. The van der Waals surface area contributed by atoms with Gasteiger partial charge in [0.2, 0.25) is 5.91 Å². The van der Waals surface area contributed by atoms with E-state index >= 15 is 0 Å². The van der Waals surface area contributed by atoms with Crippen molar-refractivity contribution in [1.29, 1.82) is 0 Å². The first-order valence-corrected chi connectivity index (χ1v) is 7.09. The molecule has 3 nitrogen and oxygen atoms in total. The van der Waals surface area contributed by atoms with Gasteiger partial charge in [0, 0.05) is 19.1 Å². The molecule has 4 unspecified atom stereocenters. The smallest absolute Gasteiger partial charge is 0.227 e. The lowest BCUT2D eigenvalue weighted by Crippen LogP contribution is -2.47. The molecule has 98 valence electrons. The molecule has 0 aliphatic heterocycles. The Balaban J connectivity index is 2.03. The van der Waals surface area contributed by atoms with E-state index in [2.05, 4.69) is 20.8 Å². The number of nitrogens with two attached hydrogens (primary N) is 1. The molecule has 0 aromatic heterocycles. The summed E-state index contributed by atoms with van der Waals surface area (Å²) in [5, 5.41) is 0. The maximum Gasteiger partial charge on any atom is 0.227 e. The van der Waals surface area contributed by atoms with Gasteiger partial charge in [0.05, 0.1) is 5.92 Å². The largest absolute Gasteiger partial charge is 0.342 e. The fourth-order valence-corrected chi connectivity index (χ4v) is 3.73.